The van der Waals surface area contributed by atoms with Crippen molar-refractivity contribution in [2.45, 2.75) is 20.8 Å². The molecule has 5 nitrogen and oxygen atoms in total. The molecular formula is C14H20ClN3O2. The zero-order valence-electron chi connectivity index (χ0n) is 11.9. The second kappa shape index (κ2) is 7.14. The van der Waals surface area contributed by atoms with Gasteiger partial charge in [-0.15, -0.1) is 0 Å². The summed E-state index contributed by atoms with van der Waals surface area (Å²) in [6, 6.07) is 5.26. The molecule has 0 fully saturated rings. The molecule has 0 bridgehead atoms. The summed E-state index contributed by atoms with van der Waals surface area (Å²) in [5.41, 5.74) is 6.89. The van der Waals surface area contributed by atoms with E-state index in [1.165, 1.54) is 0 Å². The molecule has 0 saturated carbocycles. The number of carbonyl (C=O) groups excluding carboxylic acids is 1. The summed E-state index contributed by atoms with van der Waals surface area (Å²) < 4.78 is 0. The zero-order chi connectivity index (χ0) is 15.3. The second-order valence-corrected chi connectivity index (χ2v) is 5.09. The largest absolute Gasteiger partial charge is 0.409 e. The lowest BCUT2D eigenvalue weighted by Gasteiger charge is -2.25. The smallest absolute Gasteiger partial charge is 0.254 e. The molecule has 20 heavy (non-hydrogen) atoms. The first-order valence-electron chi connectivity index (χ1n) is 6.44. The van der Waals surface area contributed by atoms with Crippen molar-refractivity contribution in [3.05, 3.63) is 34.3 Å². The lowest BCUT2D eigenvalue weighted by Crippen LogP contribution is -2.39. The van der Waals surface area contributed by atoms with E-state index in [0.717, 1.165) is 5.56 Å². The van der Waals surface area contributed by atoms with Gasteiger partial charge in [-0.25, -0.2) is 0 Å². The van der Waals surface area contributed by atoms with E-state index in [0.29, 0.717) is 23.7 Å². The predicted octanol–water partition coefficient (Wildman–Crippen LogP) is 2.49. The minimum Gasteiger partial charge on any atom is -0.409 e. The third-order valence-corrected chi connectivity index (χ3v) is 3.69. The van der Waals surface area contributed by atoms with Gasteiger partial charge in [-0.1, -0.05) is 29.7 Å². The Morgan fingerprint density at radius 3 is 2.75 bits per heavy atom. The monoisotopic (exact) mass is 297 g/mol. The number of benzene rings is 1. The van der Waals surface area contributed by atoms with Crippen LogP contribution in [0, 0.1) is 12.8 Å². The standard InChI is InChI=1S/C14H20ClN3O2/c1-4-18(8-9(2)13(16)17-20)14(19)11-6-5-7-12(15)10(11)3/h5-7,9,20H,4,8H2,1-3H3,(H2,16,17). The highest BCUT2D eigenvalue weighted by atomic mass is 35.5. The van der Waals surface area contributed by atoms with Crippen LogP contribution in [-0.4, -0.2) is 34.9 Å². The number of hydrogen-bond donors (Lipinski definition) is 2. The fraction of sp³-hybridized carbons (Fsp3) is 0.429. The Bertz CT molecular complexity index is 517. The lowest BCUT2D eigenvalue weighted by atomic mass is 10.1. The van der Waals surface area contributed by atoms with E-state index >= 15 is 0 Å². The van der Waals surface area contributed by atoms with Gasteiger partial charge in [-0.05, 0) is 31.5 Å². The molecule has 0 spiro atoms. The lowest BCUT2D eigenvalue weighted by molar-refractivity contribution is 0.0753. The predicted molar refractivity (Wildman–Crippen MR) is 80.3 cm³/mol. The maximum atomic E-state index is 12.5. The molecule has 0 aromatic heterocycles. The first-order chi connectivity index (χ1) is 9.42. The fourth-order valence-corrected chi connectivity index (χ4v) is 2.06. The summed E-state index contributed by atoms with van der Waals surface area (Å²) in [5, 5.41) is 12.2. The molecule has 0 radical (unpaired) electrons. The first-order valence-corrected chi connectivity index (χ1v) is 6.81. The van der Waals surface area contributed by atoms with E-state index in [1.54, 1.807) is 30.0 Å². The number of amides is 1. The quantitative estimate of drug-likeness (QED) is 0.379. The van der Waals surface area contributed by atoms with Gasteiger partial charge in [0.15, 0.2) is 0 Å². The Morgan fingerprint density at radius 2 is 2.20 bits per heavy atom. The highest BCUT2D eigenvalue weighted by Crippen LogP contribution is 2.20. The molecule has 1 aromatic rings. The van der Waals surface area contributed by atoms with Gasteiger partial charge in [0.2, 0.25) is 0 Å². The maximum Gasteiger partial charge on any atom is 0.254 e. The normalized spacial score (nSPS) is 13.1. The highest BCUT2D eigenvalue weighted by molar-refractivity contribution is 6.31. The molecule has 1 amide bonds. The van der Waals surface area contributed by atoms with Gasteiger partial charge in [0.25, 0.3) is 5.91 Å². The van der Waals surface area contributed by atoms with E-state index in [2.05, 4.69) is 5.16 Å². The van der Waals surface area contributed by atoms with Crippen molar-refractivity contribution in [2.24, 2.45) is 16.8 Å². The van der Waals surface area contributed by atoms with Gasteiger partial charge in [-0.2, -0.15) is 0 Å². The molecule has 0 aliphatic heterocycles. The molecule has 1 unspecified atom stereocenters. The summed E-state index contributed by atoms with van der Waals surface area (Å²) in [4.78, 5) is 14.2. The van der Waals surface area contributed by atoms with Gasteiger partial charge in [-0.3, -0.25) is 4.79 Å². The number of hydrogen-bond acceptors (Lipinski definition) is 3. The van der Waals surface area contributed by atoms with Crippen LogP contribution in [0.1, 0.15) is 29.8 Å². The van der Waals surface area contributed by atoms with Crippen LogP contribution >= 0.6 is 11.6 Å². The van der Waals surface area contributed by atoms with Crippen molar-refractivity contribution >= 4 is 23.3 Å². The Balaban J connectivity index is 2.95. The van der Waals surface area contributed by atoms with Crippen molar-refractivity contribution < 1.29 is 10.0 Å². The Morgan fingerprint density at radius 1 is 1.55 bits per heavy atom. The number of carbonyl (C=O) groups is 1. The summed E-state index contributed by atoms with van der Waals surface area (Å²) in [7, 11) is 0. The SMILES string of the molecule is CCN(CC(C)/C(N)=N/O)C(=O)c1cccc(Cl)c1C. The van der Waals surface area contributed by atoms with Gasteiger partial charge in [0, 0.05) is 29.6 Å². The Kier molecular flexibility index (Phi) is 5.82. The van der Waals surface area contributed by atoms with Crippen LogP contribution in [-0.2, 0) is 0 Å². The zero-order valence-corrected chi connectivity index (χ0v) is 12.7. The highest BCUT2D eigenvalue weighted by Gasteiger charge is 2.20. The van der Waals surface area contributed by atoms with Crippen molar-refractivity contribution in [2.75, 3.05) is 13.1 Å². The molecular weight excluding hydrogens is 278 g/mol. The van der Waals surface area contributed by atoms with Crippen molar-refractivity contribution in [1.82, 2.24) is 4.90 Å². The minimum absolute atomic E-state index is 0.106. The average Bonchev–Trinajstić information content (AvgIpc) is 2.45. The third-order valence-electron chi connectivity index (χ3n) is 3.28. The summed E-state index contributed by atoms with van der Waals surface area (Å²) in [6.45, 7) is 6.42. The number of amidine groups is 1. The van der Waals surface area contributed by atoms with Crippen molar-refractivity contribution in [3.8, 4) is 0 Å². The fourth-order valence-electron chi connectivity index (χ4n) is 1.89. The van der Waals surface area contributed by atoms with E-state index in [9.17, 15) is 4.79 Å². The molecule has 0 saturated heterocycles. The topological polar surface area (TPSA) is 78.9 Å². The molecule has 0 aliphatic carbocycles. The van der Waals surface area contributed by atoms with E-state index in [1.807, 2.05) is 13.8 Å². The second-order valence-electron chi connectivity index (χ2n) is 4.68. The number of nitrogens with two attached hydrogens (primary N) is 1. The number of nitrogens with zero attached hydrogens (tertiary/aromatic N) is 2. The summed E-state index contributed by atoms with van der Waals surface area (Å²) in [6.07, 6.45) is 0. The molecule has 3 N–H and O–H groups in total. The van der Waals surface area contributed by atoms with Crippen LogP contribution in [0.5, 0.6) is 0 Å². The first kappa shape index (κ1) is 16.3. The van der Waals surface area contributed by atoms with Gasteiger partial charge in [0.05, 0.1) is 0 Å². The average molecular weight is 298 g/mol. The van der Waals surface area contributed by atoms with Crippen molar-refractivity contribution in [1.29, 1.82) is 0 Å². The van der Waals surface area contributed by atoms with Crippen molar-refractivity contribution in [3.63, 3.8) is 0 Å². The van der Waals surface area contributed by atoms with Gasteiger partial charge in [0.1, 0.15) is 5.84 Å². The van der Waals surface area contributed by atoms with Crippen LogP contribution in [0.15, 0.2) is 23.4 Å². The van der Waals surface area contributed by atoms with Gasteiger partial charge < -0.3 is 15.8 Å². The van der Waals surface area contributed by atoms with Crippen LogP contribution < -0.4 is 5.73 Å². The number of halogens is 1. The number of oxime groups is 1. The molecule has 110 valence electrons. The molecule has 1 rings (SSSR count). The van der Waals surface area contributed by atoms with Crippen LogP contribution in [0.4, 0.5) is 0 Å². The Hall–Kier alpha value is -1.75. The van der Waals surface area contributed by atoms with E-state index in [4.69, 9.17) is 22.5 Å². The molecule has 0 aliphatic rings. The maximum absolute atomic E-state index is 12.5. The number of rotatable bonds is 5. The third kappa shape index (κ3) is 3.63. The van der Waals surface area contributed by atoms with Gasteiger partial charge >= 0.3 is 0 Å². The molecule has 1 atom stereocenters. The molecule has 0 heterocycles. The minimum atomic E-state index is -0.219. The molecule has 1 aromatic carbocycles. The van der Waals surface area contributed by atoms with E-state index < -0.39 is 0 Å². The Labute approximate surface area is 124 Å². The molecule has 6 heteroatoms. The summed E-state index contributed by atoms with van der Waals surface area (Å²) in [5.74, 6) is -0.215. The van der Waals surface area contributed by atoms with E-state index in [-0.39, 0.29) is 17.7 Å². The van der Waals surface area contributed by atoms with Crippen LogP contribution in [0.2, 0.25) is 5.02 Å². The van der Waals surface area contributed by atoms with Crippen LogP contribution in [0.3, 0.4) is 0 Å². The van der Waals surface area contributed by atoms with Crippen LogP contribution in [0.25, 0.3) is 0 Å². The summed E-state index contributed by atoms with van der Waals surface area (Å²) >= 11 is 6.04.